The lowest BCUT2D eigenvalue weighted by Gasteiger charge is -2.26. The predicted octanol–water partition coefficient (Wildman–Crippen LogP) is 2.10. The third-order valence-electron chi connectivity index (χ3n) is 5.04. The van der Waals surface area contributed by atoms with Gasteiger partial charge in [-0.15, -0.1) is 12.4 Å². The van der Waals surface area contributed by atoms with Crippen molar-refractivity contribution in [1.82, 2.24) is 10.6 Å². The second-order valence-corrected chi connectivity index (χ2v) is 6.23. The van der Waals surface area contributed by atoms with Gasteiger partial charge in [0.05, 0.1) is 0 Å². The van der Waals surface area contributed by atoms with Gasteiger partial charge in [0.25, 0.3) is 0 Å². The van der Waals surface area contributed by atoms with E-state index in [9.17, 15) is 4.79 Å². The van der Waals surface area contributed by atoms with Crippen LogP contribution in [0.2, 0.25) is 0 Å². The number of amides is 1. The summed E-state index contributed by atoms with van der Waals surface area (Å²) in [5.74, 6) is 2.85. The van der Waals surface area contributed by atoms with Gasteiger partial charge in [0.2, 0.25) is 5.91 Å². The Morgan fingerprint density at radius 1 is 1.11 bits per heavy atom. The fraction of sp³-hybridized carbons (Fsp3) is 0.929. The molecule has 1 saturated heterocycles. The van der Waals surface area contributed by atoms with E-state index in [-0.39, 0.29) is 12.4 Å². The van der Waals surface area contributed by atoms with Gasteiger partial charge >= 0.3 is 0 Å². The van der Waals surface area contributed by atoms with Crippen LogP contribution in [0.1, 0.15) is 44.9 Å². The van der Waals surface area contributed by atoms with E-state index in [0.717, 1.165) is 44.2 Å². The molecule has 4 heteroatoms. The van der Waals surface area contributed by atoms with Crippen molar-refractivity contribution < 1.29 is 4.79 Å². The number of hydrogen-bond donors (Lipinski definition) is 2. The van der Waals surface area contributed by atoms with Crippen molar-refractivity contribution in [3.05, 3.63) is 0 Å². The van der Waals surface area contributed by atoms with E-state index in [1.807, 2.05) is 0 Å². The highest BCUT2D eigenvalue weighted by molar-refractivity contribution is 5.85. The molecule has 2 aliphatic carbocycles. The molecule has 1 aliphatic heterocycles. The molecule has 3 unspecified atom stereocenters. The van der Waals surface area contributed by atoms with E-state index < -0.39 is 0 Å². The highest BCUT2D eigenvalue weighted by Crippen LogP contribution is 2.49. The van der Waals surface area contributed by atoms with Crippen LogP contribution in [0.5, 0.6) is 0 Å². The Balaban J connectivity index is 0.00000120. The molecular weight excluding hydrogens is 248 g/mol. The lowest BCUT2D eigenvalue weighted by molar-refractivity contribution is -0.123. The van der Waals surface area contributed by atoms with Crippen LogP contribution in [-0.4, -0.2) is 25.0 Å². The molecule has 0 radical (unpaired) electrons. The summed E-state index contributed by atoms with van der Waals surface area (Å²) in [6.07, 6.45) is 8.54. The van der Waals surface area contributed by atoms with Crippen LogP contribution < -0.4 is 10.6 Å². The largest absolute Gasteiger partial charge is 0.353 e. The van der Waals surface area contributed by atoms with Gasteiger partial charge in [-0.25, -0.2) is 0 Å². The smallest absolute Gasteiger partial charge is 0.220 e. The molecule has 0 aromatic heterocycles. The summed E-state index contributed by atoms with van der Waals surface area (Å²) in [6.45, 7) is 2.11. The molecule has 3 rings (SSSR count). The van der Waals surface area contributed by atoms with Gasteiger partial charge in [-0.3, -0.25) is 4.79 Å². The molecule has 0 aromatic rings. The zero-order chi connectivity index (χ0) is 11.7. The molecule has 1 amide bonds. The Kier molecular flexibility index (Phi) is 4.91. The van der Waals surface area contributed by atoms with Gasteiger partial charge in [0, 0.05) is 12.5 Å². The van der Waals surface area contributed by atoms with E-state index in [4.69, 9.17) is 0 Å². The maximum Gasteiger partial charge on any atom is 0.220 e. The lowest BCUT2D eigenvalue weighted by atomic mass is 9.86. The third-order valence-corrected chi connectivity index (χ3v) is 5.04. The summed E-state index contributed by atoms with van der Waals surface area (Å²) in [7, 11) is 0. The summed E-state index contributed by atoms with van der Waals surface area (Å²) in [5, 5.41) is 6.56. The first-order valence-corrected chi connectivity index (χ1v) is 7.31. The number of carbonyl (C=O) groups excluding carboxylic acids is 1. The van der Waals surface area contributed by atoms with E-state index in [2.05, 4.69) is 10.6 Å². The Labute approximate surface area is 116 Å². The van der Waals surface area contributed by atoms with Crippen molar-refractivity contribution in [2.24, 2.45) is 17.8 Å². The Hall–Kier alpha value is -0.280. The molecule has 104 valence electrons. The maximum atomic E-state index is 12.0. The van der Waals surface area contributed by atoms with Crippen molar-refractivity contribution in [2.45, 2.75) is 51.0 Å². The number of piperidine rings is 1. The molecule has 18 heavy (non-hydrogen) atoms. The maximum absolute atomic E-state index is 12.0. The molecular formula is C14H25ClN2O. The van der Waals surface area contributed by atoms with Gasteiger partial charge < -0.3 is 10.6 Å². The molecule has 2 saturated carbocycles. The lowest BCUT2D eigenvalue weighted by Crippen LogP contribution is -2.43. The molecule has 2 N–H and O–H groups in total. The summed E-state index contributed by atoms with van der Waals surface area (Å²) >= 11 is 0. The molecule has 3 aliphatic rings. The Morgan fingerprint density at radius 2 is 1.89 bits per heavy atom. The minimum absolute atomic E-state index is 0. The second kappa shape index (κ2) is 6.25. The first kappa shape index (κ1) is 14.1. The highest BCUT2D eigenvalue weighted by atomic mass is 35.5. The predicted molar refractivity (Wildman–Crippen MR) is 74.8 cm³/mol. The molecule has 2 bridgehead atoms. The Morgan fingerprint density at radius 3 is 2.50 bits per heavy atom. The number of halogens is 1. The minimum atomic E-state index is 0. The van der Waals surface area contributed by atoms with Crippen molar-refractivity contribution in [2.75, 3.05) is 13.1 Å². The van der Waals surface area contributed by atoms with Crippen molar-refractivity contribution in [1.29, 1.82) is 0 Å². The number of hydrogen-bond acceptors (Lipinski definition) is 2. The van der Waals surface area contributed by atoms with Gasteiger partial charge in [-0.05, 0) is 62.9 Å². The van der Waals surface area contributed by atoms with E-state index >= 15 is 0 Å². The standard InChI is InChI=1S/C14H24N2O.ClH/c17-14(16-13-3-5-15-6-4-13)9-12-8-10-1-2-11(12)7-10;/h10-13,15H,1-9H2,(H,16,17);1H. The van der Waals surface area contributed by atoms with Crippen LogP contribution in [0, 0.1) is 17.8 Å². The molecule has 3 fully saturated rings. The van der Waals surface area contributed by atoms with Gasteiger partial charge in [0.15, 0.2) is 0 Å². The monoisotopic (exact) mass is 272 g/mol. The summed E-state index contributed by atoms with van der Waals surface area (Å²) in [4.78, 5) is 12.0. The molecule has 0 aromatic carbocycles. The zero-order valence-electron chi connectivity index (χ0n) is 11.0. The second-order valence-electron chi connectivity index (χ2n) is 6.23. The number of rotatable bonds is 3. The fourth-order valence-electron chi connectivity index (χ4n) is 4.12. The summed E-state index contributed by atoms with van der Waals surface area (Å²) in [5.41, 5.74) is 0. The third kappa shape index (κ3) is 3.18. The van der Waals surface area contributed by atoms with Gasteiger partial charge in [-0.2, -0.15) is 0 Å². The zero-order valence-corrected chi connectivity index (χ0v) is 11.8. The quantitative estimate of drug-likeness (QED) is 0.826. The number of nitrogens with one attached hydrogen (secondary N) is 2. The molecule has 3 nitrogen and oxygen atoms in total. The average Bonchev–Trinajstić information content (AvgIpc) is 2.92. The van der Waals surface area contributed by atoms with Crippen LogP contribution in [0.25, 0.3) is 0 Å². The number of fused-ring (bicyclic) bond motifs is 2. The van der Waals surface area contributed by atoms with Gasteiger partial charge in [0.1, 0.15) is 0 Å². The van der Waals surface area contributed by atoms with E-state index in [1.165, 1.54) is 25.7 Å². The van der Waals surface area contributed by atoms with Crippen molar-refractivity contribution in [3.63, 3.8) is 0 Å². The van der Waals surface area contributed by atoms with Crippen LogP contribution in [0.3, 0.4) is 0 Å². The first-order valence-electron chi connectivity index (χ1n) is 7.31. The minimum Gasteiger partial charge on any atom is -0.353 e. The highest BCUT2D eigenvalue weighted by Gasteiger charge is 2.40. The normalized spacial score (nSPS) is 35.2. The van der Waals surface area contributed by atoms with Crippen LogP contribution >= 0.6 is 12.4 Å². The fourth-order valence-corrected chi connectivity index (χ4v) is 4.12. The topological polar surface area (TPSA) is 41.1 Å². The Bertz CT molecular complexity index is 292. The summed E-state index contributed by atoms with van der Waals surface area (Å²) < 4.78 is 0. The van der Waals surface area contributed by atoms with Crippen molar-refractivity contribution in [3.8, 4) is 0 Å². The average molecular weight is 273 g/mol. The van der Waals surface area contributed by atoms with Gasteiger partial charge in [-0.1, -0.05) is 6.42 Å². The summed E-state index contributed by atoms with van der Waals surface area (Å²) in [6, 6.07) is 0.433. The van der Waals surface area contributed by atoms with E-state index in [0.29, 0.717) is 17.9 Å². The first-order chi connectivity index (χ1) is 8.31. The molecule has 0 spiro atoms. The molecule has 3 atom stereocenters. The number of carbonyl (C=O) groups is 1. The van der Waals surface area contributed by atoms with Crippen LogP contribution in [0.4, 0.5) is 0 Å². The van der Waals surface area contributed by atoms with Crippen LogP contribution in [0.15, 0.2) is 0 Å². The molecule has 1 heterocycles. The van der Waals surface area contributed by atoms with Crippen LogP contribution in [-0.2, 0) is 4.79 Å². The van der Waals surface area contributed by atoms with E-state index in [1.54, 1.807) is 0 Å². The SMILES string of the molecule is Cl.O=C(CC1CC2CCC1C2)NC1CCNCC1. The van der Waals surface area contributed by atoms with Crippen molar-refractivity contribution >= 4 is 18.3 Å².